The predicted molar refractivity (Wildman–Crippen MR) is 69.0 cm³/mol. The molecule has 3 aromatic rings. The van der Waals surface area contributed by atoms with Gasteiger partial charge in [0.1, 0.15) is 0 Å². The summed E-state index contributed by atoms with van der Waals surface area (Å²) in [6.45, 7) is -0.0601. The van der Waals surface area contributed by atoms with Crippen LogP contribution in [-0.2, 0) is 6.54 Å². The van der Waals surface area contributed by atoms with Crippen LogP contribution < -0.4 is 5.56 Å². The normalized spacial score (nSPS) is 10.7. The van der Waals surface area contributed by atoms with Crippen molar-refractivity contribution >= 4 is 16.8 Å². The Labute approximate surface area is 108 Å². The van der Waals surface area contributed by atoms with Crippen molar-refractivity contribution in [3.63, 3.8) is 0 Å². The van der Waals surface area contributed by atoms with Crippen LogP contribution in [0.5, 0.6) is 0 Å². The number of rotatable bonds is 3. The van der Waals surface area contributed by atoms with E-state index in [4.69, 9.17) is 4.42 Å². The highest BCUT2D eigenvalue weighted by Crippen LogP contribution is 2.10. The number of Topliss-reactive ketones (excluding diaryl/α,β-unsaturated/α-hetero) is 1. The molecule has 0 aliphatic heterocycles. The molecule has 0 unspecified atom stereocenters. The zero-order valence-electron chi connectivity index (χ0n) is 9.95. The van der Waals surface area contributed by atoms with Gasteiger partial charge in [0.15, 0.2) is 5.76 Å². The molecule has 3 rings (SSSR count). The zero-order chi connectivity index (χ0) is 13.2. The average Bonchev–Trinajstić information content (AvgIpc) is 2.96. The summed E-state index contributed by atoms with van der Waals surface area (Å²) >= 11 is 0. The lowest BCUT2D eigenvalue weighted by Crippen LogP contribution is -2.24. The molecule has 0 N–H and O–H groups in total. The fourth-order valence-electron chi connectivity index (χ4n) is 1.94. The first-order valence-electron chi connectivity index (χ1n) is 5.77. The number of carbonyl (C=O) groups is 1. The maximum atomic E-state index is 12.0. The zero-order valence-corrected chi connectivity index (χ0v) is 9.95. The highest BCUT2D eigenvalue weighted by Gasteiger charge is 2.12. The van der Waals surface area contributed by atoms with E-state index in [1.54, 1.807) is 30.3 Å². The van der Waals surface area contributed by atoms with Gasteiger partial charge in [0.2, 0.25) is 5.78 Å². The van der Waals surface area contributed by atoms with Crippen molar-refractivity contribution in [2.45, 2.75) is 6.54 Å². The average molecular weight is 254 g/mol. The summed E-state index contributed by atoms with van der Waals surface area (Å²) in [7, 11) is 0. The van der Waals surface area contributed by atoms with E-state index in [0.717, 1.165) is 0 Å². The molecule has 2 aromatic heterocycles. The van der Waals surface area contributed by atoms with Gasteiger partial charge in [-0.25, -0.2) is 4.98 Å². The van der Waals surface area contributed by atoms with E-state index in [1.165, 1.54) is 17.0 Å². The number of carbonyl (C=O) groups excluding carboxylic acids is 1. The van der Waals surface area contributed by atoms with E-state index >= 15 is 0 Å². The van der Waals surface area contributed by atoms with Gasteiger partial charge in [-0.1, -0.05) is 12.1 Å². The number of nitrogens with zero attached hydrogens (tertiary/aromatic N) is 2. The molecule has 0 aliphatic carbocycles. The molecule has 94 valence electrons. The third kappa shape index (κ3) is 2.06. The Morgan fingerprint density at radius 1 is 1.21 bits per heavy atom. The van der Waals surface area contributed by atoms with Crippen LogP contribution in [0.15, 0.2) is 58.1 Å². The minimum absolute atomic E-state index is 0.0601. The second-order valence-electron chi connectivity index (χ2n) is 4.07. The molecule has 19 heavy (non-hydrogen) atoms. The molecule has 5 heteroatoms. The third-order valence-corrected chi connectivity index (χ3v) is 2.85. The highest BCUT2D eigenvalue weighted by atomic mass is 16.3. The molecule has 2 heterocycles. The molecule has 0 atom stereocenters. The first-order chi connectivity index (χ1) is 9.25. The van der Waals surface area contributed by atoms with Gasteiger partial charge in [-0.3, -0.25) is 14.2 Å². The summed E-state index contributed by atoms with van der Waals surface area (Å²) in [5.41, 5.74) is 1.00. The molecule has 1 aromatic carbocycles. The molecule has 0 saturated carbocycles. The largest absolute Gasteiger partial charge is 0.461 e. The molecule has 0 amide bonds. The molecule has 0 aliphatic rings. The number of fused-ring (bicyclic) bond motifs is 1. The quantitative estimate of drug-likeness (QED) is 0.669. The monoisotopic (exact) mass is 254 g/mol. The summed E-state index contributed by atoms with van der Waals surface area (Å²) in [6.07, 6.45) is 2.65. The van der Waals surface area contributed by atoms with Crippen molar-refractivity contribution in [3.05, 3.63) is 65.0 Å². The molecule has 0 bridgehead atoms. The lowest BCUT2D eigenvalue weighted by molar-refractivity contribution is 0.0945. The maximum Gasteiger partial charge on any atom is 0.269 e. The van der Waals surface area contributed by atoms with Gasteiger partial charge in [0.25, 0.3) is 5.56 Å². The number of para-hydroxylation sites is 2. The Morgan fingerprint density at radius 3 is 2.84 bits per heavy atom. The van der Waals surface area contributed by atoms with Crippen LogP contribution in [0.2, 0.25) is 0 Å². The first-order valence-corrected chi connectivity index (χ1v) is 5.77. The molecular formula is C14H10N2O3. The minimum atomic E-state index is -0.307. The highest BCUT2D eigenvalue weighted by molar-refractivity contribution is 5.94. The van der Waals surface area contributed by atoms with Crippen molar-refractivity contribution in [1.82, 2.24) is 9.55 Å². The van der Waals surface area contributed by atoms with E-state index in [1.807, 2.05) is 6.07 Å². The third-order valence-electron chi connectivity index (χ3n) is 2.85. The summed E-state index contributed by atoms with van der Waals surface area (Å²) in [5, 5.41) is 0. The Balaban J connectivity index is 2.08. The standard InChI is InChI=1S/C14H10N2O3/c17-12(13-6-3-7-19-13)9-16-11-5-2-1-4-10(11)15-8-14(16)18/h1-8H,9H2. The summed E-state index contributed by atoms with van der Waals surface area (Å²) < 4.78 is 6.43. The van der Waals surface area contributed by atoms with Crippen LogP contribution >= 0.6 is 0 Å². The number of ketones is 1. The number of hydrogen-bond acceptors (Lipinski definition) is 4. The van der Waals surface area contributed by atoms with Crippen LogP contribution in [0.25, 0.3) is 11.0 Å². The van der Waals surface area contributed by atoms with Gasteiger partial charge >= 0.3 is 0 Å². The number of benzene rings is 1. The fraction of sp³-hybridized carbons (Fsp3) is 0.0714. The number of hydrogen-bond donors (Lipinski definition) is 0. The molecular weight excluding hydrogens is 244 g/mol. The molecule has 5 nitrogen and oxygen atoms in total. The molecule has 0 fully saturated rings. The van der Waals surface area contributed by atoms with Gasteiger partial charge in [0, 0.05) is 0 Å². The second kappa shape index (κ2) is 4.53. The van der Waals surface area contributed by atoms with E-state index in [0.29, 0.717) is 11.0 Å². The fourth-order valence-corrected chi connectivity index (χ4v) is 1.94. The Hall–Kier alpha value is -2.69. The van der Waals surface area contributed by atoms with Gasteiger partial charge in [0.05, 0.1) is 30.0 Å². The Bertz CT molecular complexity index is 788. The van der Waals surface area contributed by atoms with Crippen molar-refractivity contribution < 1.29 is 9.21 Å². The van der Waals surface area contributed by atoms with Crippen LogP contribution in [0.3, 0.4) is 0 Å². The van der Waals surface area contributed by atoms with E-state index < -0.39 is 0 Å². The van der Waals surface area contributed by atoms with Crippen molar-refractivity contribution in [2.75, 3.05) is 0 Å². The molecule has 0 saturated heterocycles. The second-order valence-corrected chi connectivity index (χ2v) is 4.07. The summed E-state index contributed by atoms with van der Waals surface area (Å²) in [6, 6.07) is 10.4. The van der Waals surface area contributed by atoms with Gasteiger partial charge in [-0.15, -0.1) is 0 Å². The van der Waals surface area contributed by atoms with E-state index in [9.17, 15) is 9.59 Å². The summed E-state index contributed by atoms with van der Waals surface area (Å²) in [4.78, 5) is 27.9. The molecule has 0 radical (unpaired) electrons. The van der Waals surface area contributed by atoms with Gasteiger partial charge < -0.3 is 4.42 Å². The Kier molecular flexibility index (Phi) is 2.72. The van der Waals surface area contributed by atoms with Crippen LogP contribution in [0.4, 0.5) is 0 Å². The van der Waals surface area contributed by atoms with Crippen LogP contribution in [0.1, 0.15) is 10.6 Å². The van der Waals surface area contributed by atoms with E-state index in [-0.39, 0.29) is 23.6 Å². The van der Waals surface area contributed by atoms with Crippen LogP contribution in [0, 0.1) is 0 Å². The minimum Gasteiger partial charge on any atom is -0.461 e. The SMILES string of the molecule is O=C(Cn1c(=O)cnc2ccccc21)c1ccco1. The predicted octanol–water partition coefficient (Wildman–Crippen LogP) is 1.87. The van der Waals surface area contributed by atoms with Gasteiger partial charge in [-0.2, -0.15) is 0 Å². The van der Waals surface area contributed by atoms with Crippen molar-refractivity contribution in [3.8, 4) is 0 Å². The Morgan fingerprint density at radius 2 is 2.05 bits per heavy atom. The van der Waals surface area contributed by atoms with Crippen molar-refractivity contribution in [2.24, 2.45) is 0 Å². The maximum absolute atomic E-state index is 12.0. The van der Waals surface area contributed by atoms with Gasteiger partial charge in [-0.05, 0) is 24.3 Å². The topological polar surface area (TPSA) is 65.1 Å². The lowest BCUT2D eigenvalue weighted by atomic mass is 10.2. The summed E-state index contributed by atoms with van der Waals surface area (Å²) in [5.74, 6) is -0.00348. The number of aromatic nitrogens is 2. The number of furan rings is 1. The van der Waals surface area contributed by atoms with Crippen molar-refractivity contribution in [1.29, 1.82) is 0 Å². The van der Waals surface area contributed by atoms with Crippen LogP contribution in [-0.4, -0.2) is 15.3 Å². The smallest absolute Gasteiger partial charge is 0.269 e. The molecule has 0 spiro atoms. The lowest BCUT2D eigenvalue weighted by Gasteiger charge is -2.07. The first kappa shape index (κ1) is 11.4. The van der Waals surface area contributed by atoms with E-state index in [2.05, 4.69) is 4.98 Å².